The van der Waals surface area contributed by atoms with Crippen molar-refractivity contribution in [1.82, 2.24) is 14.7 Å². The van der Waals surface area contributed by atoms with Crippen LogP contribution >= 0.6 is 0 Å². The molecule has 1 aliphatic rings. The standard InChI is InChI=1S/C13H21N3O2/c1-4-18-13(17)11-8-14-16(3)12(11)9-15(2)10-6-5-7-10/h8,10H,4-7,9H2,1-3H3. The van der Waals surface area contributed by atoms with Gasteiger partial charge in [-0.1, -0.05) is 6.42 Å². The lowest BCUT2D eigenvalue weighted by Gasteiger charge is -2.34. The highest BCUT2D eigenvalue weighted by Gasteiger charge is 2.25. The minimum absolute atomic E-state index is 0.275. The van der Waals surface area contributed by atoms with Crippen LogP contribution < -0.4 is 0 Å². The predicted molar refractivity (Wildman–Crippen MR) is 68.3 cm³/mol. The maximum absolute atomic E-state index is 11.8. The van der Waals surface area contributed by atoms with E-state index in [9.17, 15) is 4.79 Å². The minimum Gasteiger partial charge on any atom is -0.462 e. The van der Waals surface area contributed by atoms with Crippen molar-refractivity contribution >= 4 is 5.97 Å². The van der Waals surface area contributed by atoms with Gasteiger partial charge in [-0.15, -0.1) is 0 Å². The number of carbonyl (C=O) groups excluding carboxylic acids is 1. The summed E-state index contributed by atoms with van der Waals surface area (Å²) < 4.78 is 6.82. The summed E-state index contributed by atoms with van der Waals surface area (Å²) in [5.74, 6) is -0.275. The van der Waals surface area contributed by atoms with Crippen LogP contribution in [0.15, 0.2) is 6.20 Å². The van der Waals surface area contributed by atoms with Crippen LogP contribution in [-0.2, 0) is 18.3 Å². The highest BCUT2D eigenvalue weighted by Crippen LogP contribution is 2.25. The third-order valence-corrected chi connectivity index (χ3v) is 3.65. The molecule has 2 rings (SSSR count). The number of aromatic nitrogens is 2. The lowest BCUT2D eigenvalue weighted by atomic mass is 9.92. The molecular weight excluding hydrogens is 230 g/mol. The Kier molecular flexibility index (Phi) is 4.01. The number of hydrogen-bond acceptors (Lipinski definition) is 4. The van der Waals surface area contributed by atoms with Crippen molar-refractivity contribution in [3.8, 4) is 0 Å². The van der Waals surface area contributed by atoms with Gasteiger partial charge in [0, 0.05) is 19.6 Å². The Labute approximate surface area is 108 Å². The topological polar surface area (TPSA) is 47.4 Å². The number of hydrogen-bond donors (Lipinski definition) is 0. The SMILES string of the molecule is CCOC(=O)c1cnn(C)c1CN(C)C1CCC1. The Morgan fingerprint density at radius 3 is 2.89 bits per heavy atom. The third-order valence-electron chi connectivity index (χ3n) is 3.65. The van der Waals surface area contributed by atoms with Crippen molar-refractivity contribution in [3.05, 3.63) is 17.5 Å². The lowest BCUT2D eigenvalue weighted by molar-refractivity contribution is 0.0522. The molecule has 0 N–H and O–H groups in total. The molecule has 0 atom stereocenters. The van der Waals surface area contributed by atoms with E-state index in [4.69, 9.17) is 4.74 Å². The second kappa shape index (κ2) is 5.52. The Hall–Kier alpha value is -1.36. The quantitative estimate of drug-likeness (QED) is 0.745. The van der Waals surface area contributed by atoms with Gasteiger partial charge in [0.05, 0.1) is 18.5 Å². The summed E-state index contributed by atoms with van der Waals surface area (Å²) in [5, 5.41) is 4.17. The van der Waals surface area contributed by atoms with E-state index >= 15 is 0 Å². The summed E-state index contributed by atoms with van der Waals surface area (Å²) in [6.07, 6.45) is 5.42. The number of carbonyl (C=O) groups is 1. The summed E-state index contributed by atoms with van der Waals surface area (Å²) in [6.45, 7) is 2.95. The maximum atomic E-state index is 11.8. The molecule has 0 bridgehead atoms. The number of rotatable bonds is 5. The normalized spacial score (nSPS) is 15.8. The van der Waals surface area contributed by atoms with E-state index in [1.807, 2.05) is 14.0 Å². The first-order chi connectivity index (χ1) is 8.63. The van der Waals surface area contributed by atoms with E-state index < -0.39 is 0 Å². The molecule has 0 aliphatic heterocycles. The van der Waals surface area contributed by atoms with E-state index in [-0.39, 0.29) is 5.97 Å². The molecular formula is C13H21N3O2. The zero-order chi connectivity index (χ0) is 13.1. The van der Waals surface area contributed by atoms with Gasteiger partial charge in [-0.05, 0) is 26.8 Å². The van der Waals surface area contributed by atoms with Crippen molar-refractivity contribution in [2.45, 2.75) is 38.8 Å². The van der Waals surface area contributed by atoms with Gasteiger partial charge >= 0.3 is 5.97 Å². The highest BCUT2D eigenvalue weighted by molar-refractivity contribution is 5.90. The van der Waals surface area contributed by atoms with Gasteiger partial charge < -0.3 is 4.74 Å². The van der Waals surface area contributed by atoms with Gasteiger partial charge in [0.2, 0.25) is 0 Å². The molecule has 0 aromatic carbocycles. The van der Waals surface area contributed by atoms with Crippen molar-refractivity contribution in [2.75, 3.05) is 13.7 Å². The van der Waals surface area contributed by atoms with Crippen LogP contribution in [0.2, 0.25) is 0 Å². The van der Waals surface area contributed by atoms with Gasteiger partial charge in [-0.3, -0.25) is 9.58 Å². The van der Waals surface area contributed by atoms with Crippen LogP contribution in [0.4, 0.5) is 0 Å². The van der Waals surface area contributed by atoms with Crippen molar-refractivity contribution < 1.29 is 9.53 Å². The zero-order valence-electron chi connectivity index (χ0n) is 11.3. The van der Waals surface area contributed by atoms with E-state index in [0.717, 1.165) is 12.2 Å². The average molecular weight is 251 g/mol. The molecule has 18 heavy (non-hydrogen) atoms. The first-order valence-electron chi connectivity index (χ1n) is 6.51. The summed E-state index contributed by atoms with van der Waals surface area (Å²) in [6, 6.07) is 0.648. The fourth-order valence-corrected chi connectivity index (χ4v) is 2.22. The first kappa shape index (κ1) is 13.1. The largest absolute Gasteiger partial charge is 0.462 e. The third kappa shape index (κ3) is 2.56. The van der Waals surface area contributed by atoms with E-state index in [1.54, 1.807) is 10.9 Å². The molecule has 5 nitrogen and oxygen atoms in total. The van der Waals surface area contributed by atoms with E-state index in [0.29, 0.717) is 18.2 Å². The first-order valence-corrected chi connectivity index (χ1v) is 6.51. The van der Waals surface area contributed by atoms with Crippen LogP contribution in [0.5, 0.6) is 0 Å². The lowest BCUT2D eigenvalue weighted by Crippen LogP contribution is -2.37. The second-order valence-corrected chi connectivity index (χ2v) is 4.85. The molecule has 1 aromatic rings. The Bertz CT molecular complexity index is 424. The Morgan fingerprint density at radius 2 is 2.33 bits per heavy atom. The molecule has 0 spiro atoms. The van der Waals surface area contributed by atoms with E-state index in [2.05, 4.69) is 17.0 Å². The number of aryl methyl sites for hydroxylation is 1. The molecule has 0 amide bonds. The van der Waals surface area contributed by atoms with Crippen LogP contribution in [0, 0.1) is 0 Å². The number of nitrogens with zero attached hydrogens (tertiary/aromatic N) is 3. The summed E-state index contributed by atoms with van der Waals surface area (Å²) >= 11 is 0. The molecule has 0 saturated heterocycles. The second-order valence-electron chi connectivity index (χ2n) is 4.85. The van der Waals surface area contributed by atoms with E-state index in [1.165, 1.54) is 19.3 Å². The van der Waals surface area contributed by atoms with Crippen LogP contribution in [0.1, 0.15) is 42.2 Å². The van der Waals surface area contributed by atoms with Gasteiger partial charge in [0.25, 0.3) is 0 Å². The summed E-state index contributed by atoms with van der Waals surface area (Å²) in [7, 11) is 3.97. The Balaban J connectivity index is 2.10. The molecule has 1 aromatic heterocycles. The fraction of sp³-hybridized carbons (Fsp3) is 0.692. The van der Waals surface area contributed by atoms with Crippen LogP contribution in [0.3, 0.4) is 0 Å². The van der Waals surface area contributed by atoms with Gasteiger partial charge in [-0.25, -0.2) is 4.79 Å². The van der Waals surface area contributed by atoms with Crippen molar-refractivity contribution in [3.63, 3.8) is 0 Å². The van der Waals surface area contributed by atoms with Crippen LogP contribution in [-0.4, -0.2) is 40.3 Å². The summed E-state index contributed by atoms with van der Waals surface area (Å²) in [4.78, 5) is 14.1. The molecule has 100 valence electrons. The smallest absolute Gasteiger partial charge is 0.341 e. The van der Waals surface area contributed by atoms with Crippen LogP contribution in [0.25, 0.3) is 0 Å². The fourth-order valence-electron chi connectivity index (χ4n) is 2.22. The highest BCUT2D eigenvalue weighted by atomic mass is 16.5. The average Bonchev–Trinajstić information content (AvgIpc) is 2.58. The maximum Gasteiger partial charge on any atom is 0.341 e. The van der Waals surface area contributed by atoms with Gasteiger partial charge in [0.15, 0.2) is 0 Å². The molecule has 5 heteroatoms. The van der Waals surface area contributed by atoms with Crippen molar-refractivity contribution in [1.29, 1.82) is 0 Å². The molecule has 1 aliphatic carbocycles. The summed E-state index contributed by atoms with van der Waals surface area (Å²) in [5.41, 5.74) is 1.52. The number of esters is 1. The van der Waals surface area contributed by atoms with Gasteiger partial charge in [0.1, 0.15) is 5.56 Å². The molecule has 0 radical (unpaired) electrons. The monoisotopic (exact) mass is 251 g/mol. The molecule has 1 saturated carbocycles. The van der Waals surface area contributed by atoms with Gasteiger partial charge in [-0.2, -0.15) is 5.10 Å². The predicted octanol–water partition coefficient (Wildman–Crippen LogP) is 1.58. The molecule has 1 heterocycles. The molecule has 0 unspecified atom stereocenters. The molecule has 1 fully saturated rings. The minimum atomic E-state index is -0.275. The number of ether oxygens (including phenoxy) is 1. The van der Waals surface area contributed by atoms with Crippen molar-refractivity contribution in [2.24, 2.45) is 7.05 Å². The Morgan fingerprint density at radius 1 is 1.61 bits per heavy atom. The zero-order valence-corrected chi connectivity index (χ0v) is 11.3.